The fourth-order valence-corrected chi connectivity index (χ4v) is 5.32. The first-order chi connectivity index (χ1) is 14.5. The monoisotopic (exact) mass is 442 g/mol. The summed E-state index contributed by atoms with van der Waals surface area (Å²) in [7, 11) is -3.84. The van der Waals surface area contributed by atoms with E-state index in [4.69, 9.17) is 11.6 Å². The Morgan fingerprint density at radius 3 is 2.60 bits per heavy atom. The summed E-state index contributed by atoms with van der Waals surface area (Å²) in [6.45, 7) is 1.92. The zero-order chi connectivity index (χ0) is 20.7. The number of rotatable bonds is 4. The van der Waals surface area contributed by atoms with Gasteiger partial charge in [0.15, 0.2) is 10.8 Å². The molecule has 154 valence electrons. The summed E-state index contributed by atoms with van der Waals surface area (Å²) in [5, 5.41) is 16.6. The summed E-state index contributed by atoms with van der Waals surface area (Å²) in [5.41, 5.74) is 1.74. The highest BCUT2D eigenvalue weighted by molar-refractivity contribution is 7.90. The summed E-state index contributed by atoms with van der Waals surface area (Å²) >= 11 is 6.09. The van der Waals surface area contributed by atoms with E-state index in [1.807, 2.05) is 10.9 Å². The zero-order valence-corrected chi connectivity index (χ0v) is 17.5. The van der Waals surface area contributed by atoms with E-state index in [2.05, 4.69) is 20.6 Å². The summed E-state index contributed by atoms with van der Waals surface area (Å²) in [6.07, 6.45) is 7.29. The van der Waals surface area contributed by atoms with Gasteiger partial charge in [-0.15, -0.1) is 10.2 Å². The first-order valence-corrected chi connectivity index (χ1v) is 11.5. The average molecular weight is 443 g/mol. The highest BCUT2D eigenvalue weighted by Gasteiger charge is 2.24. The molecule has 0 spiro atoms. The molecular formula is C20H19ClN6O2S. The van der Waals surface area contributed by atoms with Gasteiger partial charge in [-0.25, -0.2) is 12.4 Å². The minimum atomic E-state index is -3.84. The van der Waals surface area contributed by atoms with Crippen LogP contribution in [0.2, 0.25) is 5.15 Å². The molecule has 1 fully saturated rings. The fraction of sp³-hybridized carbons (Fsp3) is 0.250. The van der Waals surface area contributed by atoms with Crippen LogP contribution in [0.5, 0.6) is 0 Å². The Kier molecular flexibility index (Phi) is 4.80. The van der Waals surface area contributed by atoms with Gasteiger partial charge in [-0.05, 0) is 44.1 Å². The van der Waals surface area contributed by atoms with Gasteiger partial charge < -0.3 is 5.32 Å². The minimum absolute atomic E-state index is 0.176. The molecule has 1 aliphatic heterocycles. The highest BCUT2D eigenvalue weighted by atomic mass is 35.5. The molecule has 0 aliphatic carbocycles. The maximum Gasteiger partial charge on any atom is 0.269 e. The SMILES string of the molecule is O=S(=O)(c1ccccc1)n1cc(-c2cnn(C3CCNCC3)c2)c2cc(Cl)nnc21. The number of piperidine rings is 1. The van der Waals surface area contributed by atoms with Gasteiger partial charge in [0.25, 0.3) is 10.0 Å². The Labute approximate surface area is 178 Å². The molecule has 0 amide bonds. The van der Waals surface area contributed by atoms with Crippen molar-refractivity contribution >= 4 is 32.7 Å². The van der Waals surface area contributed by atoms with Gasteiger partial charge in [-0.1, -0.05) is 29.8 Å². The van der Waals surface area contributed by atoms with Crippen molar-refractivity contribution < 1.29 is 8.42 Å². The first kappa shape index (κ1) is 19.2. The van der Waals surface area contributed by atoms with Gasteiger partial charge in [-0.2, -0.15) is 5.10 Å². The van der Waals surface area contributed by atoms with Crippen molar-refractivity contribution in [2.24, 2.45) is 0 Å². The van der Waals surface area contributed by atoms with Crippen molar-refractivity contribution in [2.45, 2.75) is 23.8 Å². The van der Waals surface area contributed by atoms with E-state index in [0.717, 1.165) is 35.5 Å². The molecule has 0 radical (unpaired) electrons. The normalized spacial score (nSPS) is 15.6. The third-order valence-corrected chi connectivity index (χ3v) is 7.23. The predicted molar refractivity (Wildman–Crippen MR) is 114 cm³/mol. The number of nitrogens with zero attached hydrogens (tertiary/aromatic N) is 5. The number of aromatic nitrogens is 5. The lowest BCUT2D eigenvalue weighted by Crippen LogP contribution is -2.29. The van der Waals surface area contributed by atoms with Crippen molar-refractivity contribution in [3.05, 3.63) is 60.1 Å². The zero-order valence-electron chi connectivity index (χ0n) is 15.9. The standard InChI is InChI=1S/C20H19ClN6O2S/c21-19-10-17-18(14-11-23-26(12-14)15-6-8-22-9-7-15)13-27(20(17)25-24-19)30(28,29)16-4-2-1-3-5-16/h1-5,10-13,15,22H,6-9H2. The smallest absolute Gasteiger partial charge is 0.269 e. The van der Waals surface area contributed by atoms with E-state index in [0.29, 0.717) is 17.0 Å². The molecule has 0 saturated carbocycles. The quantitative estimate of drug-likeness (QED) is 0.521. The second-order valence-corrected chi connectivity index (χ2v) is 9.45. The van der Waals surface area contributed by atoms with Crippen molar-refractivity contribution in [3.8, 4) is 11.1 Å². The Hall–Kier alpha value is -2.75. The number of fused-ring (bicyclic) bond motifs is 1. The molecule has 1 aliphatic rings. The van der Waals surface area contributed by atoms with Gasteiger partial charge >= 0.3 is 0 Å². The van der Waals surface area contributed by atoms with Crippen LogP contribution < -0.4 is 5.32 Å². The van der Waals surface area contributed by atoms with Gasteiger partial charge in [0.1, 0.15) is 0 Å². The number of hydrogen-bond donors (Lipinski definition) is 1. The molecule has 0 bridgehead atoms. The Bertz CT molecular complexity index is 1310. The lowest BCUT2D eigenvalue weighted by molar-refractivity contribution is 0.343. The van der Waals surface area contributed by atoms with E-state index in [9.17, 15) is 8.42 Å². The van der Waals surface area contributed by atoms with Crippen molar-refractivity contribution in [2.75, 3.05) is 13.1 Å². The highest BCUT2D eigenvalue weighted by Crippen LogP contribution is 2.33. The molecule has 1 saturated heterocycles. The van der Waals surface area contributed by atoms with Crippen molar-refractivity contribution in [1.82, 2.24) is 29.3 Å². The first-order valence-electron chi connectivity index (χ1n) is 9.64. The van der Waals surface area contributed by atoms with E-state index in [-0.39, 0.29) is 15.7 Å². The Balaban J connectivity index is 1.65. The molecule has 4 heterocycles. The molecule has 4 aromatic rings. The maximum atomic E-state index is 13.3. The third kappa shape index (κ3) is 3.28. The van der Waals surface area contributed by atoms with Gasteiger partial charge in [0.05, 0.1) is 17.1 Å². The summed E-state index contributed by atoms with van der Waals surface area (Å²) in [4.78, 5) is 0.176. The second kappa shape index (κ2) is 7.50. The second-order valence-electron chi connectivity index (χ2n) is 7.25. The van der Waals surface area contributed by atoms with Crippen LogP contribution >= 0.6 is 11.6 Å². The number of nitrogens with one attached hydrogen (secondary N) is 1. The predicted octanol–water partition coefficient (Wildman–Crippen LogP) is 3.11. The fourth-order valence-electron chi connectivity index (χ4n) is 3.84. The minimum Gasteiger partial charge on any atom is -0.317 e. The van der Waals surface area contributed by atoms with Crippen molar-refractivity contribution in [1.29, 1.82) is 0 Å². The number of benzene rings is 1. The molecule has 0 unspecified atom stereocenters. The Morgan fingerprint density at radius 2 is 1.83 bits per heavy atom. The average Bonchev–Trinajstić information content (AvgIpc) is 3.40. The van der Waals surface area contributed by atoms with Crippen LogP contribution in [0.25, 0.3) is 22.2 Å². The van der Waals surface area contributed by atoms with E-state index in [1.54, 1.807) is 48.8 Å². The summed E-state index contributed by atoms with van der Waals surface area (Å²) in [5.74, 6) is 0. The van der Waals surface area contributed by atoms with Crippen LogP contribution in [-0.2, 0) is 10.0 Å². The lowest BCUT2D eigenvalue weighted by atomic mass is 10.1. The van der Waals surface area contributed by atoms with E-state index in [1.165, 1.54) is 0 Å². The largest absolute Gasteiger partial charge is 0.317 e. The molecule has 30 heavy (non-hydrogen) atoms. The molecule has 0 atom stereocenters. The van der Waals surface area contributed by atoms with Crippen LogP contribution in [0.4, 0.5) is 0 Å². The van der Waals surface area contributed by atoms with E-state index < -0.39 is 10.0 Å². The summed E-state index contributed by atoms with van der Waals surface area (Å²) < 4.78 is 29.7. The van der Waals surface area contributed by atoms with Crippen LogP contribution in [0, 0.1) is 0 Å². The van der Waals surface area contributed by atoms with Crippen LogP contribution in [0.3, 0.4) is 0 Å². The number of hydrogen-bond acceptors (Lipinski definition) is 6. The summed E-state index contributed by atoms with van der Waals surface area (Å²) in [6, 6.07) is 10.2. The lowest BCUT2D eigenvalue weighted by Gasteiger charge is -2.22. The van der Waals surface area contributed by atoms with Gasteiger partial charge in [0, 0.05) is 28.9 Å². The van der Waals surface area contributed by atoms with Crippen LogP contribution in [0.15, 0.2) is 59.9 Å². The third-order valence-electron chi connectivity index (χ3n) is 5.39. The van der Waals surface area contributed by atoms with Crippen LogP contribution in [0.1, 0.15) is 18.9 Å². The molecule has 8 nitrogen and oxygen atoms in total. The van der Waals surface area contributed by atoms with Gasteiger partial charge in [-0.3, -0.25) is 4.68 Å². The molecular weight excluding hydrogens is 424 g/mol. The Morgan fingerprint density at radius 1 is 1.07 bits per heavy atom. The van der Waals surface area contributed by atoms with Gasteiger partial charge in [0.2, 0.25) is 0 Å². The topological polar surface area (TPSA) is 94.7 Å². The number of halogens is 1. The maximum absolute atomic E-state index is 13.3. The molecule has 1 aromatic carbocycles. The molecule has 1 N–H and O–H groups in total. The van der Waals surface area contributed by atoms with E-state index >= 15 is 0 Å². The van der Waals surface area contributed by atoms with Crippen molar-refractivity contribution in [3.63, 3.8) is 0 Å². The molecule has 5 rings (SSSR count). The molecule has 3 aromatic heterocycles. The van der Waals surface area contributed by atoms with Crippen LogP contribution in [-0.4, -0.2) is 45.5 Å². The molecule has 10 heteroatoms.